The van der Waals surface area contributed by atoms with Gasteiger partial charge in [-0.15, -0.1) is 0 Å². The van der Waals surface area contributed by atoms with E-state index in [0.717, 1.165) is 66.6 Å². The molecular weight excluding hydrogens is 703 g/mol. The van der Waals surface area contributed by atoms with E-state index in [9.17, 15) is 0 Å². The number of hydrogen-bond acceptors (Lipinski definition) is 2. The molecule has 0 aliphatic heterocycles. The molecule has 0 fully saturated rings. The molecule has 0 aliphatic carbocycles. The van der Waals surface area contributed by atoms with Crippen molar-refractivity contribution >= 4 is 60.5 Å². The van der Waals surface area contributed by atoms with Gasteiger partial charge in [-0.3, -0.25) is 0 Å². The Morgan fingerprint density at radius 3 is 1.64 bits per heavy atom. The van der Waals surface area contributed by atoms with Crippen molar-refractivity contribution in [3.63, 3.8) is 0 Å². The Morgan fingerprint density at radius 2 is 0.879 bits per heavy atom. The minimum atomic E-state index is 0.895. The van der Waals surface area contributed by atoms with E-state index in [1.807, 2.05) is 0 Å². The highest BCUT2D eigenvalue weighted by atomic mass is 16.3. The maximum atomic E-state index is 6.56. The lowest BCUT2D eigenvalue weighted by Gasteiger charge is -2.27. The number of benzene rings is 10. The molecule has 0 unspecified atom stereocenters. The molecule has 0 spiro atoms. The second-order valence-electron chi connectivity index (χ2n) is 14.9. The number of rotatable bonds is 7. The molecule has 11 aromatic rings. The number of furan rings is 1. The summed E-state index contributed by atoms with van der Waals surface area (Å²) in [5.41, 5.74) is 14.4. The molecule has 0 N–H and O–H groups in total. The van der Waals surface area contributed by atoms with Crippen LogP contribution in [0.1, 0.15) is 0 Å². The summed E-state index contributed by atoms with van der Waals surface area (Å²) in [5, 5.41) is 7.05. The summed E-state index contributed by atoms with van der Waals surface area (Å²) in [4.78, 5) is 2.40. The highest BCUT2D eigenvalue weighted by Crippen LogP contribution is 2.43. The van der Waals surface area contributed by atoms with Gasteiger partial charge < -0.3 is 9.32 Å². The fourth-order valence-corrected chi connectivity index (χ4v) is 8.56. The standard InChI is InChI=1S/C56H37NO/c1-3-13-38(14-4-1)46-34-47(39-15-5-2-6-16-39)37-50(36-46)57(49-21-11-20-44(35-49)45-26-25-40-17-7-8-19-43(40)33-45)48-30-27-42(28-31-48)51-23-12-24-54-55(51)53-32-29-41-18-9-10-22-52(41)56(53)58-54/h1-37H. The van der Waals surface area contributed by atoms with Crippen LogP contribution in [0.4, 0.5) is 17.1 Å². The number of hydrogen-bond donors (Lipinski definition) is 0. The van der Waals surface area contributed by atoms with E-state index in [2.05, 4.69) is 229 Å². The summed E-state index contributed by atoms with van der Waals surface area (Å²) in [5.74, 6) is 0. The van der Waals surface area contributed by atoms with Crippen molar-refractivity contribution in [3.05, 3.63) is 224 Å². The minimum absolute atomic E-state index is 0.895. The summed E-state index contributed by atoms with van der Waals surface area (Å²) in [6, 6.07) is 80.8. The molecule has 0 saturated carbocycles. The van der Waals surface area contributed by atoms with Crippen molar-refractivity contribution in [1.82, 2.24) is 0 Å². The highest BCUT2D eigenvalue weighted by molar-refractivity contribution is 6.19. The van der Waals surface area contributed by atoms with E-state index < -0.39 is 0 Å². The first kappa shape index (κ1) is 33.6. The molecule has 1 aromatic heterocycles. The molecule has 11 rings (SSSR count). The van der Waals surface area contributed by atoms with Gasteiger partial charge in [0.15, 0.2) is 0 Å². The van der Waals surface area contributed by atoms with Crippen LogP contribution in [0.25, 0.3) is 88.0 Å². The van der Waals surface area contributed by atoms with E-state index in [1.54, 1.807) is 0 Å². The van der Waals surface area contributed by atoms with Gasteiger partial charge in [0, 0.05) is 33.2 Å². The second-order valence-corrected chi connectivity index (χ2v) is 14.9. The van der Waals surface area contributed by atoms with Crippen molar-refractivity contribution in [2.75, 3.05) is 4.90 Å². The van der Waals surface area contributed by atoms with Gasteiger partial charge in [0.2, 0.25) is 0 Å². The van der Waals surface area contributed by atoms with Gasteiger partial charge in [0.1, 0.15) is 11.2 Å². The van der Waals surface area contributed by atoms with E-state index in [1.165, 1.54) is 38.4 Å². The SMILES string of the molecule is c1ccc(-c2cc(-c3ccccc3)cc(N(c3ccc(-c4cccc5oc6c7ccccc7ccc6c45)cc3)c3cccc(-c4ccc5ccccc5c4)c3)c2)cc1. The zero-order chi connectivity index (χ0) is 38.4. The van der Waals surface area contributed by atoms with Gasteiger partial charge in [-0.05, 0) is 121 Å². The van der Waals surface area contributed by atoms with Gasteiger partial charge in [0.25, 0.3) is 0 Å². The van der Waals surface area contributed by atoms with Crippen LogP contribution in [0.15, 0.2) is 229 Å². The molecule has 0 saturated heterocycles. The van der Waals surface area contributed by atoms with E-state index >= 15 is 0 Å². The first-order valence-electron chi connectivity index (χ1n) is 19.8. The Labute approximate surface area is 337 Å². The average Bonchev–Trinajstić information content (AvgIpc) is 3.70. The smallest absolute Gasteiger partial charge is 0.143 e. The first-order valence-corrected chi connectivity index (χ1v) is 19.8. The van der Waals surface area contributed by atoms with Gasteiger partial charge in [-0.1, -0.05) is 164 Å². The topological polar surface area (TPSA) is 16.4 Å². The lowest BCUT2D eigenvalue weighted by atomic mass is 9.96. The predicted molar refractivity (Wildman–Crippen MR) is 245 cm³/mol. The van der Waals surface area contributed by atoms with E-state index in [0.29, 0.717) is 0 Å². The molecule has 0 amide bonds. The second kappa shape index (κ2) is 14.1. The van der Waals surface area contributed by atoms with Gasteiger partial charge in [-0.25, -0.2) is 0 Å². The predicted octanol–water partition coefficient (Wildman–Crippen LogP) is 16.0. The summed E-state index contributed by atoms with van der Waals surface area (Å²) >= 11 is 0. The molecule has 272 valence electrons. The quantitative estimate of drug-likeness (QED) is 0.162. The third-order valence-electron chi connectivity index (χ3n) is 11.4. The molecule has 0 aliphatic rings. The van der Waals surface area contributed by atoms with Crippen molar-refractivity contribution < 1.29 is 4.42 Å². The fourth-order valence-electron chi connectivity index (χ4n) is 8.56. The van der Waals surface area contributed by atoms with Gasteiger partial charge in [-0.2, -0.15) is 0 Å². The zero-order valence-corrected chi connectivity index (χ0v) is 31.7. The molecule has 1 heterocycles. The monoisotopic (exact) mass is 739 g/mol. The first-order chi connectivity index (χ1) is 28.7. The zero-order valence-electron chi connectivity index (χ0n) is 31.7. The Bertz CT molecular complexity index is 3210. The Morgan fingerprint density at radius 1 is 0.293 bits per heavy atom. The van der Waals surface area contributed by atoms with Crippen LogP contribution in [0.3, 0.4) is 0 Å². The van der Waals surface area contributed by atoms with Crippen LogP contribution >= 0.6 is 0 Å². The lowest BCUT2D eigenvalue weighted by Crippen LogP contribution is -2.10. The largest absolute Gasteiger partial charge is 0.455 e. The van der Waals surface area contributed by atoms with Crippen LogP contribution in [0.5, 0.6) is 0 Å². The van der Waals surface area contributed by atoms with E-state index in [-0.39, 0.29) is 0 Å². The molecule has 58 heavy (non-hydrogen) atoms. The van der Waals surface area contributed by atoms with Crippen LogP contribution in [0, 0.1) is 0 Å². The van der Waals surface area contributed by atoms with Crippen LogP contribution in [-0.2, 0) is 0 Å². The van der Waals surface area contributed by atoms with Crippen molar-refractivity contribution in [3.8, 4) is 44.5 Å². The normalized spacial score (nSPS) is 11.4. The van der Waals surface area contributed by atoms with Crippen LogP contribution < -0.4 is 4.90 Å². The van der Waals surface area contributed by atoms with Gasteiger partial charge >= 0.3 is 0 Å². The Balaban J connectivity index is 1.09. The molecule has 10 aromatic carbocycles. The summed E-state index contributed by atoms with van der Waals surface area (Å²) in [6.45, 7) is 0. The molecule has 2 nitrogen and oxygen atoms in total. The van der Waals surface area contributed by atoms with Gasteiger partial charge in [0.05, 0.1) is 0 Å². The Kier molecular flexibility index (Phi) is 8.19. The summed E-state index contributed by atoms with van der Waals surface area (Å²) in [7, 11) is 0. The summed E-state index contributed by atoms with van der Waals surface area (Å²) in [6.07, 6.45) is 0. The molecule has 0 radical (unpaired) electrons. The average molecular weight is 740 g/mol. The molecule has 0 atom stereocenters. The minimum Gasteiger partial charge on any atom is -0.455 e. The number of nitrogens with zero attached hydrogens (tertiary/aromatic N) is 1. The van der Waals surface area contributed by atoms with Crippen molar-refractivity contribution in [2.24, 2.45) is 0 Å². The highest BCUT2D eigenvalue weighted by Gasteiger charge is 2.19. The third kappa shape index (κ3) is 6.00. The molecular formula is C56H37NO. The maximum absolute atomic E-state index is 6.56. The number of fused-ring (bicyclic) bond motifs is 6. The van der Waals surface area contributed by atoms with Crippen molar-refractivity contribution in [2.45, 2.75) is 0 Å². The molecule has 2 heteroatoms. The lowest BCUT2D eigenvalue weighted by molar-refractivity contribution is 0.673. The van der Waals surface area contributed by atoms with Crippen LogP contribution in [0.2, 0.25) is 0 Å². The third-order valence-corrected chi connectivity index (χ3v) is 11.4. The number of anilines is 3. The summed E-state index contributed by atoms with van der Waals surface area (Å²) < 4.78 is 6.56. The Hall–Kier alpha value is -7.68. The maximum Gasteiger partial charge on any atom is 0.143 e. The van der Waals surface area contributed by atoms with Crippen molar-refractivity contribution in [1.29, 1.82) is 0 Å². The van der Waals surface area contributed by atoms with Crippen LogP contribution in [-0.4, -0.2) is 0 Å². The van der Waals surface area contributed by atoms with E-state index in [4.69, 9.17) is 4.42 Å². The fraction of sp³-hybridized carbons (Fsp3) is 0. The molecule has 0 bridgehead atoms.